The lowest BCUT2D eigenvalue weighted by molar-refractivity contribution is -0.135. The summed E-state index contributed by atoms with van der Waals surface area (Å²) in [6, 6.07) is 2.21. The van der Waals surface area contributed by atoms with Crippen LogP contribution in [0.3, 0.4) is 0 Å². The summed E-state index contributed by atoms with van der Waals surface area (Å²) in [7, 11) is 0. The number of esters is 1. The predicted molar refractivity (Wildman–Crippen MR) is 57.8 cm³/mol. The molecule has 0 aliphatic carbocycles. The summed E-state index contributed by atoms with van der Waals surface area (Å²) in [5.74, 6) is -3.14. The maximum absolute atomic E-state index is 13.3. The monoisotopic (exact) mass is 244 g/mol. The molecule has 0 aromatic heterocycles. The van der Waals surface area contributed by atoms with E-state index in [-0.39, 0.29) is 13.0 Å². The molecule has 0 spiro atoms. The van der Waals surface area contributed by atoms with E-state index in [2.05, 4.69) is 4.74 Å². The number of hydrogen-bond donors (Lipinski definition) is 0. The van der Waals surface area contributed by atoms with E-state index >= 15 is 0 Å². The van der Waals surface area contributed by atoms with Crippen LogP contribution in [0, 0.1) is 18.6 Å². The maximum Gasteiger partial charge on any atom is 0.313 e. The van der Waals surface area contributed by atoms with Crippen molar-refractivity contribution in [1.29, 1.82) is 0 Å². The second kappa shape index (κ2) is 6.30. The van der Waals surface area contributed by atoms with Crippen LogP contribution in [0.1, 0.15) is 18.9 Å². The zero-order valence-corrected chi connectivity index (χ0v) is 9.76. The van der Waals surface area contributed by atoms with Crippen molar-refractivity contribution in [2.45, 2.75) is 20.3 Å². The standard InChI is InChI=1S/C12H14F2O3/c1-3-16-5-4-11(15)17-12-9(13)6-8(2)7-10(12)14/h6-7H,3-5H2,1-2H3. The topological polar surface area (TPSA) is 35.5 Å². The molecule has 0 aliphatic heterocycles. The Labute approximate surface area is 98.3 Å². The summed E-state index contributed by atoms with van der Waals surface area (Å²) < 4.78 is 36.2. The van der Waals surface area contributed by atoms with E-state index in [1.807, 2.05) is 0 Å². The Morgan fingerprint density at radius 1 is 1.29 bits per heavy atom. The molecule has 0 N–H and O–H groups in total. The van der Waals surface area contributed by atoms with Gasteiger partial charge in [0.25, 0.3) is 0 Å². The van der Waals surface area contributed by atoms with E-state index in [4.69, 9.17) is 4.74 Å². The van der Waals surface area contributed by atoms with Crippen molar-refractivity contribution >= 4 is 5.97 Å². The van der Waals surface area contributed by atoms with Crippen molar-refractivity contribution in [3.63, 3.8) is 0 Å². The molecule has 0 atom stereocenters. The summed E-state index contributed by atoms with van der Waals surface area (Å²) in [5, 5.41) is 0. The molecular formula is C12H14F2O3. The highest BCUT2D eigenvalue weighted by atomic mass is 19.1. The van der Waals surface area contributed by atoms with E-state index in [1.165, 1.54) is 0 Å². The van der Waals surface area contributed by atoms with Crippen LogP contribution < -0.4 is 4.74 Å². The third-order valence-electron chi connectivity index (χ3n) is 2.01. The molecule has 1 aromatic carbocycles. The minimum atomic E-state index is -0.882. The van der Waals surface area contributed by atoms with E-state index in [0.29, 0.717) is 12.2 Å². The molecule has 0 saturated heterocycles. The summed E-state index contributed by atoms with van der Waals surface area (Å²) >= 11 is 0. The van der Waals surface area contributed by atoms with Gasteiger partial charge in [0.2, 0.25) is 5.75 Å². The predicted octanol–water partition coefficient (Wildman–Crippen LogP) is 2.61. The molecule has 0 amide bonds. The molecule has 1 rings (SSSR count). The second-order valence-electron chi connectivity index (χ2n) is 3.48. The van der Waals surface area contributed by atoms with Gasteiger partial charge in [-0.1, -0.05) is 0 Å². The highest BCUT2D eigenvalue weighted by Gasteiger charge is 2.15. The summed E-state index contributed by atoms with van der Waals surface area (Å²) in [6.07, 6.45) is -0.0411. The number of carbonyl (C=O) groups excluding carboxylic acids is 1. The van der Waals surface area contributed by atoms with E-state index < -0.39 is 23.4 Å². The minimum absolute atomic E-state index is 0.0411. The lowest BCUT2D eigenvalue weighted by Crippen LogP contribution is -2.13. The first-order chi connectivity index (χ1) is 8.04. The Kier molecular flexibility index (Phi) is 5.03. The van der Waals surface area contributed by atoms with Gasteiger partial charge in [0.15, 0.2) is 11.6 Å². The first kappa shape index (κ1) is 13.6. The van der Waals surface area contributed by atoms with Gasteiger partial charge < -0.3 is 9.47 Å². The van der Waals surface area contributed by atoms with Crippen LogP contribution in [0.2, 0.25) is 0 Å². The van der Waals surface area contributed by atoms with E-state index in [0.717, 1.165) is 12.1 Å². The van der Waals surface area contributed by atoms with Crippen molar-refractivity contribution in [3.05, 3.63) is 29.3 Å². The second-order valence-corrected chi connectivity index (χ2v) is 3.48. The fraction of sp³-hybridized carbons (Fsp3) is 0.417. The zero-order valence-electron chi connectivity index (χ0n) is 9.76. The van der Waals surface area contributed by atoms with Crippen molar-refractivity contribution in [3.8, 4) is 5.75 Å². The van der Waals surface area contributed by atoms with Gasteiger partial charge in [-0.3, -0.25) is 4.79 Å². The first-order valence-corrected chi connectivity index (χ1v) is 5.28. The van der Waals surface area contributed by atoms with Gasteiger partial charge in [-0.2, -0.15) is 0 Å². The molecule has 3 nitrogen and oxygen atoms in total. The van der Waals surface area contributed by atoms with Gasteiger partial charge in [-0.05, 0) is 31.5 Å². The molecule has 5 heteroatoms. The number of hydrogen-bond acceptors (Lipinski definition) is 3. The van der Waals surface area contributed by atoms with Gasteiger partial charge in [0, 0.05) is 6.61 Å². The lowest BCUT2D eigenvalue weighted by Gasteiger charge is -2.07. The third kappa shape index (κ3) is 4.11. The van der Waals surface area contributed by atoms with Gasteiger partial charge >= 0.3 is 5.97 Å². The third-order valence-corrected chi connectivity index (χ3v) is 2.01. The highest BCUT2D eigenvalue weighted by Crippen LogP contribution is 2.23. The minimum Gasteiger partial charge on any atom is -0.420 e. The maximum atomic E-state index is 13.3. The first-order valence-electron chi connectivity index (χ1n) is 5.28. The molecule has 0 heterocycles. The van der Waals surface area contributed by atoms with Crippen LogP contribution in [0.4, 0.5) is 8.78 Å². The normalized spacial score (nSPS) is 10.4. The van der Waals surface area contributed by atoms with Crippen molar-refractivity contribution in [1.82, 2.24) is 0 Å². The molecular weight excluding hydrogens is 230 g/mol. The zero-order chi connectivity index (χ0) is 12.8. The molecule has 0 unspecified atom stereocenters. The summed E-state index contributed by atoms with van der Waals surface area (Å²) in [6.45, 7) is 3.97. The largest absolute Gasteiger partial charge is 0.420 e. The number of rotatable bonds is 5. The molecule has 0 fully saturated rings. The Hall–Kier alpha value is -1.49. The molecule has 0 saturated carbocycles. The molecule has 0 bridgehead atoms. The average molecular weight is 244 g/mol. The van der Waals surface area contributed by atoms with Gasteiger partial charge in [-0.15, -0.1) is 0 Å². The van der Waals surface area contributed by atoms with Crippen LogP contribution in [-0.2, 0) is 9.53 Å². The Morgan fingerprint density at radius 3 is 2.41 bits per heavy atom. The Morgan fingerprint density at radius 2 is 1.88 bits per heavy atom. The number of carbonyl (C=O) groups is 1. The smallest absolute Gasteiger partial charge is 0.313 e. The van der Waals surface area contributed by atoms with Crippen LogP contribution in [0.5, 0.6) is 5.75 Å². The van der Waals surface area contributed by atoms with Crippen molar-refractivity contribution in [2.24, 2.45) is 0 Å². The van der Waals surface area contributed by atoms with Gasteiger partial charge in [-0.25, -0.2) is 8.78 Å². The SMILES string of the molecule is CCOCCC(=O)Oc1c(F)cc(C)cc1F. The van der Waals surface area contributed by atoms with Crippen LogP contribution in [-0.4, -0.2) is 19.2 Å². The van der Waals surface area contributed by atoms with E-state index in [1.54, 1.807) is 13.8 Å². The summed E-state index contributed by atoms with van der Waals surface area (Å²) in [4.78, 5) is 11.2. The summed E-state index contributed by atoms with van der Waals surface area (Å²) in [5.41, 5.74) is 0.425. The number of ether oxygens (including phenoxy) is 2. The fourth-order valence-electron chi connectivity index (χ4n) is 1.25. The van der Waals surface area contributed by atoms with Gasteiger partial charge in [0.1, 0.15) is 0 Å². The quantitative estimate of drug-likeness (QED) is 0.453. The van der Waals surface area contributed by atoms with Crippen LogP contribution in [0.15, 0.2) is 12.1 Å². The Balaban J connectivity index is 2.65. The fourth-order valence-corrected chi connectivity index (χ4v) is 1.25. The molecule has 94 valence electrons. The van der Waals surface area contributed by atoms with E-state index in [9.17, 15) is 13.6 Å². The van der Waals surface area contributed by atoms with Gasteiger partial charge in [0.05, 0.1) is 13.0 Å². The van der Waals surface area contributed by atoms with Crippen molar-refractivity contribution in [2.75, 3.05) is 13.2 Å². The molecule has 0 aliphatic rings. The lowest BCUT2D eigenvalue weighted by atomic mass is 10.2. The van der Waals surface area contributed by atoms with Crippen molar-refractivity contribution < 1.29 is 23.0 Å². The molecule has 17 heavy (non-hydrogen) atoms. The van der Waals surface area contributed by atoms with Crippen LogP contribution in [0.25, 0.3) is 0 Å². The number of halogens is 2. The number of aryl methyl sites for hydroxylation is 1. The number of benzene rings is 1. The highest BCUT2D eigenvalue weighted by molar-refractivity contribution is 5.72. The molecule has 1 aromatic rings. The average Bonchev–Trinajstić information content (AvgIpc) is 2.24. The molecule has 0 radical (unpaired) electrons. The Bertz CT molecular complexity index is 382. The van der Waals surface area contributed by atoms with Crippen LogP contribution >= 0.6 is 0 Å².